The quantitative estimate of drug-likeness (QED) is 0.816. The molecular formula is C21H27F3N2O2. The van der Waals surface area contributed by atoms with Gasteiger partial charge >= 0.3 is 6.18 Å². The number of hydrogen-bond donors (Lipinski definition) is 1. The van der Waals surface area contributed by atoms with Crippen molar-refractivity contribution in [2.45, 2.75) is 52.3 Å². The summed E-state index contributed by atoms with van der Waals surface area (Å²) in [5.41, 5.74) is 3.88. The second kappa shape index (κ2) is 8.15. The number of piperidine rings is 1. The van der Waals surface area contributed by atoms with Crippen LogP contribution in [0.1, 0.15) is 36.5 Å². The molecule has 0 bridgehead atoms. The lowest BCUT2D eigenvalue weighted by Gasteiger charge is -2.35. The van der Waals surface area contributed by atoms with Gasteiger partial charge in [0.2, 0.25) is 5.91 Å². The highest BCUT2D eigenvalue weighted by molar-refractivity contribution is 5.89. The van der Waals surface area contributed by atoms with E-state index < -0.39 is 12.7 Å². The fraction of sp³-hybridized carbons (Fsp3) is 0.571. The molecule has 0 aliphatic carbocycles. The van der Waals surface area contributed by atoms with Gasteiger partial charge in [-0.25, -0.2) is 0 Å². The number of rotatable bonds is 5. The predicted molar refractivity (Wildman–Crippen MR) is 102 cm³/mol. The van der Waals surface area contributed by atoms with Crippen LogP contribution >= 0.6 is 0 Å². The maximum absolute atomic E-state index is 12.5. The molecule has 3 rings (SSSR count). The summed E-state index contributed by atoms with van der Waals surface area (Å²) >= 11 is 0. The average molecular weight is 396 g/mol. The van der Waals surface area contributed by atoms with E-state index in [4.69, 9.17) is 4.42 Å². The third-order valence-electron chi connectivity index (χ3n) is 5.82. The van der Waals surface area contributed by atoms with Gasteiger partial charge in [-0.05, 0) is 63.7 Å². The van der Waals surface area contributed by atoms with Gasteiger partial charge in [-0.3, -0.25) is 9.69 Å². The minimum absolute atomic E-state index is 0.0670. The average Bonchev–Trinajstić information content (AvgIpc) is 3.00. The lowest BCUT2D eigenvalue weighted by atomic mass is 9.90. The third-order valence-corrected chi connectivity index (χ3v) is 5.82. The molecule has 1 aliphatic heterocycles. The fourth-order valence-electron chi connectivity index (χ4n) is 3.99. The highest BCUT2D eigenvalue weighted by Crippen LogP contribution is 2.27. The van der Waals surface area contributed by atoms with Crippen LogP contribution in [0.15, 0.2) is 22.8 Å². The number of nitrogens with one attached hydrogen (secondary N) is 1. The number of furan rings is 1. The Bertz CT molecular complexity index is 836. The van der Waals surface area contributed by atoms with E-state index in [1.807, 2.05) is 32.9 Å². The lowest BCUT2D eigenvalue weighted by molar-refractivity contribution is -0.148. The second-order valence-electron chi connectivity index (χ2n) is 7.91. The smallest absolute Gasteiger partial charge is 0.401 e. The van der Waals surface area contributed by atoms with Gasteiger partial charge in [0.1, 0.15) is 5.58 Å². The standard InChI is InChI=1S/C21H27F3N2O2/c1-13-4-5-18-17(11-28-20(18)14(13)2)10-19(27)25-15(3)16-6-8-26(9-7-16)12-21(22,23)24/h4-5,11,15-16H,6-10,12H2,1-3H3,(H,25,27). The molecule has 1 saturated heterocycles. The Balaban J connectivity index is 1.54. The summed E-state index contributed by atoms with van der Waals surface area (Å²) in [6, 6.07) is 3.93. The van der Waals surface area contributed by atoms with Crippen molar-refractivity contribution in [1.82, 2.24) is 10.2 Å². The van der Waals surface area contributed by atoms with Crippen LogP contribution in [-0.2, 0) is 11.2 Å². The van der Waals surface area contributed by atoms with E-state index in [0.717, 1.165) is 27.7 Å². The molecule has 0 spiro atoms. The highest BCUT2D eigenvalue weighted by atomic mass is 19.4. The molecule has 154 valence electrons. The zero-order valence-corrected chi connectivity index (χ0v) is 16.5. The SMILES string of the molecule is Cc1ccc2c(CC(=O)NC(C)C3CCN(CC(F)(F)F)CC3)coc2c1C. The van der Waals surface area contributed by atoms with Crippen LogP contribution in [0.3, 0.4) is 0 Å². The number of fused-ring (bicyclic) bond motifs is 1. The summed E-state index contributed by atoms with van der Waals surface area (Å²) in [6.07, 6.45) is -0.976. The fourth-order valence-corrected chi connectivity index (χ4v) is 3.99. The first-order chi connectivity index (χ1) is 13.1. The number of hydrogen-bond acceptors (Lipinski definition) is 3. The summed E-state index contributed by atoms with van der Waals surface area (Å²) in [4.78, 5) is 13.9. The molecule has 0 saturated carbocycles. The molecule has 2 aromatic rings. The summed E-state index contributed by atoms with van der Waals surface area (Å²) in [5, 5.41) is 3.97. The van der Waals surface area contributed by atoms with Crippen molar-refractivity contribution in [3.8, 4) is 0 Å². The van der Waals surface area contributed by atoms with Gasteiger partial charge in [0.15, 0.2) is 0 Å². The maximum atomic E-state index is 12.5. The lowest BCUT2D eigenvalue weighted by Crippen LogP contribution is -2.46. The van der Waals surface area contributed by atoms with Gasteiger partial charge in [-0.2, -0.15) is 13.2 Å². The van der Waals surface area contributed by atoms with Crippen molar-refractivity contribution in [3.05, 3.63) is 35.1 Å². The minimum atomic E-state index is -4.16. The predicted octanol–water partition coefficient (Wildman–Crippen LogP) is 4.37. The van der Waals surface area contributed by atoms with Gasteiger partial charge in [0.05, 0.1) is 19.2 Å². The molecule has 1 atom stereocenters. The first kappa shape index (κ1) is 20.7. The van der Waals surface area contributed by atoms with Gasteiger partial charge < -0.3 is 9.73 Å². The summed E-state index contributed by atoms with van der Waals surface area (Å²) in [5.74, 6) is 0.102. The van der Waals surface area contributed by atoms with E-state index in [9.17, 15) is 18.0 Å². The van der Waals surface area contributed by atoms with Gasteiger partial charge in [0.25, 0.3) is 0 Å². The molecule has 1 fully saturated rings. The summed E-state index contributed by atoms with van der Waals surface area (Å²) in [6.45, 7) is 5.92. The highest BCUT2D eigenvalue weighted by Gasteiger charge is 2.33. The third kappa shape index (κ3) is 4.87. The molecule has 28 heavy (non-hydrogen) atoms. The number of aryl methyl sites for hydroxylation is 2. The molecule has 1 aromatic carbocycles. The van der Waals surface area contributed by atoms with Crippen molar-refractivity contribution in [3.63, 3.8) is 0 Å². The number of amides is 1. The van der Waals surface area contributed by atoms with Crippen LogP contribution in [0, 0.1) is 19.8 Å². The number of carbonyl (C=O) groups is 1. The van der Waals surface area contributed by atoms with Crippen molar-refractivity contribution < 1.29 is 22.4 Å². The van der Waals surface area contributed by atoms with Crippen molar-refractivity contribution in [1.29, 1.82) is 0 Å². The Hall–Kier alpha value is -2.02. The van der Waals surface area contributed by atoms with Crippen LogP contribution < -0.4 is 5.32 Å². The van der Waals surface area contributed by atoms with Crippen molar-refractivity contribution in [2.75, 3.05) is 19.6 Å². The second-order valence-corrected chi connectivity index (χ2v) is 7.91. The molecule has 7 heteroatoms. The normalized spacial score (nSPS) is 17.8. The maximum Gasteiger partial charge on any atom is 0.401 e. The molecule has 1 amide bonds. The monoisotopic (exact) mass is 396 g/mol. The van der Waals surface area contributed by atoms with E-state index in [0.29, 0.717) is 25.9 Å². The Morgan fingerprint density at radius 1 is 1.29 bits per heavy atom. The van der Waals surface area contributed by atoms with E-state index >= 15 is 0 Å². The van der Waals surface area contributed by atoms with Gasteiger partial charge in [-0.1, -0.05) is 12.1 Å². The van der Waals surface area contributed by atoms with E-state index in [1.165, 1.54) is 4.90 Å². The van der Waals surface area contributed by atoms with Crippen LogP contribution in [0.2, 0.25) is 0 Å². The Morgan fingerprint density at radius 2 is 1.96 bits per heavy atom. The van der Waals surface area contributed by atoms with E-state index in [-0.39, 0.29) is 24.3 Å². The molecule has 1 aromatic heterocycles. The first-order valence-corrected chi connectivity index (χ1v) is 9.69. The van der Waals surface area contributed by atoms with Crippen LogP contribution in [-0.4, -0.2) is 42.7 Å². The van der Waals surface area contributed by atoms with E-state index in [2.05, 4.69) is 5.32 Å². The molecular weight excluding hydrogens is 369 g/mol. The molecule has 4 nitrogen and oxygen atoms in total. The van der Waals surface area contributed by atoms with E-state index in [1.54, 1.807) is 6.26 Å². The van der Waals surface area contributed by atoms with Crippen LogP contribution in [0.5, 0.6) is 0 Å². The first-order valence-electron chi connectivity index (χ1n) is 9.69. The van der Waals surface area contributed by atoms with Crippen molar-refractivity contribution in [2.24, 2.45) is 5.92 Å². The Morgan fingerprint density at radius 3 is 2.61 bits per heavy atom. The number of nitrogens with zero attached hydrogens (tertiary/aromatic N) is 1. The Kier molecular flexibility index (Phi) is 6.03. The number of benzene rings is 1. The number of halogens is 3. The number of carbonyl (C=O) groups excluding carboxylic acids is 1. The molecule has 1 N–H and O–H groups in total. The van der Waals surface area contributed by atoms with Crippen molar-refractivity contribution >= 4 is 16.9 Å². The minimum Gasteiger partial charge on any atom is -0.464 e. The topological polar surface area (TPSA) is 45.5 Å². The Labute approximate surface area is 163 Å². The molecule has 1 aliphatic rings. The zero-order chi connectivity index (χ0) is 20.5. The summed E-state index contributed by atoms with van der Waals surface area (Å²) < 4.78 is 43.2. The molecule has 1 unspecified atom stereocenters. The van der Waals surface area contributed by atoms with Gasteiger partial charge in [0, 0.05) is 17.0 Å². The van der Waals surface area contributed by atoms with Gasteiger partial charge in [-0.15, -0.1) is 0 Å². The largest absolute Gasteiger partial charge is 0.464 e. The molecule has 0 radical (unpaired) electrons. The number of alkyl halides is 3. The zero-order valence-electron chi connectivity index (χ0n) is 16.5. The number of likely N-dealkylation sites (tertiary alicyclic amines) is 1. The molecule has 2 heterocycles. The summed E-state index contributed by atoms with van der Waals surface area (Å²) in [7, 11) is 0. The van der Waals surface area contributed by atoms with Crippen LogP contribution in [0.4, 0.5) is 13.2 Å². The van der Waals surface area contributed by atoms with Crippen LogP contribution in [0.25, 0.3) is 11.0 Å².